The van der Waals surface area contributed by atoms with E-state index in [4.69, 9.17) is 5.11 Å². The topological polar surface area (TPSA) is 78.4 Å². The molecule has 1 fully saturated rings. The Morgan fingerprint density at radius 3 is 2.32 bits per heavy atom. The van der Waals surface area contributed by atoms with Crippen LogP contribution >= 0.6 is 15.9 Å². The van der Waals surface area contributed by atoms with Crippen LogP contribution in [0.4, 0.5) is 4.79 Å². The fraction of sp³-hybridized carbons (Fsp3) is 0.500. The lowest BCUT2D eigenvalue weighted by Crippen LogP contribution is -2.44. The second kappa shape index (κ2) is 7.63. The Morgan fingerprint density at radius 1 is 1.18 bits per heavy atom. The number of carbonyl (C=O) groups excluding carboxylic acids is 1. The Hall–Kier alpha value is -1.56. The van der Waals surface area contributed by atoms with Gasteiger partial charge in [0.25, 0.3) is 0 Å². The first-order chi connectivity index (χ1) is 10.5. The van der Waals surface area contributed by atoms with Gasteiger partial charge in [-0.05, 0) is 50.3 Å². The maximum Gasteiger partial charge on any atom is 0.315 e. The summed E-state index contributed by atoms with van der Waals surface area (Å²) in [6.45, 7) is 1.93. The van der Waals surface area contributed by atoms with Crippen LogP contribution in [-0.2, 0) is 4.79 Å². The van der Waals surface area contributed by atoms with Crippen molar-refractivity contribution in [3.8, 4) is 0 Å². The highest BCUT2D eigenvalue weighted by Crippen LogP contribution is 2.24. The van der Waals surface area contributed by atoms with Crippen LogP contribution in [0.15, 0.2) is 28.7 Å². The van der Waals surface area contributed by atoms with Crippen molar-refractivity contribution in [3.05, 3.63) is 34.3 Å². The maximum absolute atomic E-state index is 12.0. The molecular weight excluding hydrogens is 348 g/mol. The number of carboxylic acid groups (broad SMARTS) is 1. The Labute approximate surface area is 138 Å². The summed E-state index contributed by atoms with van der Waals surface area (Å²) in [5.74, 6) is -0.991. The number of carbonyl (C=O) groups is 2. The highest BCUT2D eigenvalue weighted by molar-refractivity contribution is 9.10. The van der Waals surface area contributed by atoms with Crippen LogP contribution in [0.1, 0.15) is 44.2 Å². The normalized spacial score (nSPS) is 22.6. The van der Waals surface area contributed by atoms with Gasteiger partial charge in [-0.1, -0.05) is 28.1 Å². The molecule has 1 atom stereocenters. The number of amides is 2. The molecule has 120 valence electrons. The first kappa shape index (κ1) is 16.8. The molecule has 0 spiro atoms. The predicted molar refractivity (Wildman–Crippen MR) is 87.6 cm³/mol. The van der Waals surface area contributed by atoms with Gasteiger partial charge in [0, 0.05) is 10.5 Å². The number of carboxylic acids is 1. The van der Waals surface area contributed by atoms with E-state index in [9.17, 15) is 9.59 Å². The summed E-state index contributed by atoms with van der Waals surface area (Å²) in [6, 6.07) is 7.60. The van der Waals surface area contributed by atoms with Gasteiger partial charge < -0.3 is 15.7 Å². The van der Waals surface area contributed by atoms with Gasteiger partial charge in [0.15, 0.2) is 0 Å². The van der Waals surface area contributed by atoms with Crippen molar-refractivity contribution in [2.75, 3.05) is 0 Å². The molecule has 0 unspecified atom stereocenters. The van der Waals surface area contributed by atoms with Crippen LogP contribution in [-0.4, -0.2) is 23.1 Å². The summed E-state index contributed by atoms with van der Waals surface area (Å²) >= 11 is 3.38. The number of nitrogens with one attached hydrogen (secondary N) is 2. The molecule has 0 aliphatic heterocycles. The van der Waals surface area contributed by atoms with E-state index in [2.05, 4.69) is 26.6 Å². The van der Waals surface area contributed by atoms with Gasteiger partial charge in [0.05, 0.1) is 12.0 Å². The third-order valence-electron chi connectivity index (χ3n) is 4.13. The third-order valence-corrected chi connectivity index (χ3v) is 4.66. The minimum absolute atomic E-state index is 0.0627. The van der Waals surface area contributed by atoms with Crippen molar-refractivity contribution in [3.63, 3.8) is 0 Å². The monoisotopic (exact) mass is 368 g/mol. The number of rotatable bonds is 4. The molecule has 2 amide bonds. The Kier molecular flexibility index (Phi) is 5.83. The molecule has 1 aromatic rings. The summed E-state index contributed by atoms with van der Waals surface area (Å²) in [6.07, 6.45) is 2.69. The van der Waals surface area contributed by atoms with Crippen molar-refractivity contribution in [2.24, 2.45) is 5.92 Å². The van der Waals surface area contributed by atoms with Gasteiger partial charge in [-0.3, -0.25) is 4.79 Å². The van der Waals surface area contributed by atoms with Crippen molar-refractivity contribution in [2.45, 2.75) is 44.7 Å². The average Bonchev–Trinajstić information content (AvgIpc) is 2.48. The van der Waals surface area contributed by atoms with Crippen LogP contribution in [0.5, 0.6) is 0 Å². The molecule has 3 N–H and O–H groups in total. The van der Waals surface area contributed by atoms with Crippen molar-refractivity contribution in [1.29, 1.82) is 0 Å². The first-order valence-corrected chi connectivity index (χ1v) is 8.30. The SMILES string of the molecule is C[C@H](NC(=O)NC1CCC(C(=O)O)CC1)c1ccc(Br)cc1. The summed E-state index contributed by atoms with van der Waals surface area (Å²) in [5, 5.41) is 14.8. The largest absolute Gasteiger partial charge is 0.481 e. The standard InChI is InChI=1S/C16H21BrN2O3/c1-10(11-2-6-13(17)7-3-11)18-16(22)19-14-8-4-12(5-9-14)15(20)21/h2-3,6-7,10,12,14H,4-5,8-9H2,1H3,(H,20,21)(H2,18,19,22)/t10-,12?,14?/m0/s1. The highest BCUT2D eigenvalue weighted by Gasteiger charge is 2.26. The zero-order valence-corrected chi connectivity index (χ0v) is 14.1. The summed E-state index contributed by atoms with van der Waals surface area (Å²) in [7, 11) is 0. The molecule has 0 bridgehead atoms. The highest BCUT2D eigenvalue weighted by atomic mass is 79.9. The van der Waals surface area contributed by atoms with Gasteiger partial charge in [-0.2, -0.15) is 0 Å². The van der Waals surface area contributed by atoms with Gasteiger partial charge in [-0.15, -0.1) is 0 Å². The molecule has 0 aromatic heterocycles. The van der Waals surface area contributed by atoms with Crippen LogP contribution in [0.2, 0.25) is 0 Å². The van der Waals surface area contributed by atoms with E-state index in [-0.39, 0.29) is 24.0 Å². The minimum atomic E-state index is -0.730. The number of urea groups is 1. The Bertz CT molecular complexity index is 525. The van der Waals surface area contributed by atoms with Gasteiger partial charge >= 0.3 is 12.0 Å². The lowest BCUT2D eigenvalue weighted by molar-refractivity contribution is -0.142. The zero-order chi connectivity index (χ0) is 16.1. The molecule has 1 saturated carbocycles. The van der Waals surface area contributed by atoms with Crippen molar-refractivity contribution < 1.29 is 14.7 Å². The molecule has 0 saturated heterocycles. The number of hydrogen-bond acceptors (Lipinski definition) is 2. The fourth-order valence-corrected chi connectivity index (χ4v) is 3.01. The molecule has 22 heavy (non-hydrogen) atoms. The van der Waals surface area contributed by atoms with Crippen molar-refractivity contribution in [1.82, 2.24) is 10.6 Å². The Morgan fingerprint density at radius 2 is 1.77 bits per heavy atom. The van der Waals surface area contributed by atoms with E-state index < -0.39 is 5.97 Å². The molecule has 0 radical (unpaired) electrons. The Balaban J connectivity index is 1.78. The van der Waals surface area contributed by atoms with Crippen LogP contribution < -0.4 is 10.6 Å². The van der Waals surface area contributed by atoms with Crippen LogP contribution in [0.3, 0.4) is 0 Å². The van der Waals surface area contributed by atoms with E-state index in [1.54, 1.807) is 0 Å². The van der Waals surface area contributed by atoms with Crippen molar-refractivity contribution >= 4 is 27.9 Å². The zero-order valence-electron chi connectivity index (χ0n) is 12.5. The molecule has 6 heteroatoms. The van der Waals surface area contributed by atoms with Gasteiger partial charge in [0.1, 0.15) is 0 Å². The fourth-order valence-electron chi connectivity index (χ4n) is 2.74. The van der Waals surface area contributed by atoms with Crippen LogP contribution in [0, 0.1) is 5.92 Å². The third kappa shape index (κ3) is 4.73. The van der Waals surface area contributed by atoms with Gasteiger partial charge in [0.2, 0.25) is 0 Å². The van der Waals surface area contributed by atoms with Crippen LogP contribution in [0.25, 0.3) is 0 Å². The number of hydrogen-bond donors (Lipinski definition) is 3. The number of aliphatic carboxylic acids is 1. The second-order valence-corrected chi connectivity index (χ2v) is 6.69. The predicted octanol–water partition coefficient (Wildman–Crippen LogP) is 3.45. The maximum atomic E-state index is 12.0. The number of benzene rings is 1. The number of halogens is 1. The summed E-state index contributed by atoms with van der Waals surface area (Å²) < 4.78 is 1.00. The van der Waals surface area contributed by atoms with E-state index in [1.807, 2.05) is 31.2 Å². The molecular formula is C16H21BrN2O3. The molecule has 1 aromatic carbocycles. The summed E-state index contributed by atoms with van der Waals surface area (Å²) in [5.41, 5.74) is 1.04. The van der Waals surface area contributed by atoms with E-state index in [0.717, 1.165) is 22.9 Å². The lowest BCUT2D eigenvalue weighted by Gasteiger charge is -2.27. The lowest BCUT2D eigenvalue weighted by atomic mass is 9.86. The molecule has 5 nitrogen and oxygen atoms in total. The molecule has 1 aliphatic rings. The molecule has 0 heterocycles. The average molecular weight is 369 g/mol. The summed E-state index contributed by atoms with van der Waals surface area (Å²) in [4.78, 5) is 22.9. The van der Waals surface area contributed by atoms with E-state index in [0.29, 0.717) is 12.8 Å². The van der Waals surface area contributed by atoms with Gasteiger partial charge in [-0.25, -0.2) is 4.79 Å². The molecule has 2 rings (SSSR count). The minimum Gasteiger partial charge on any atom is -0.481 e. The quantitative estimate of drug-likeness (QED) is 0.761. The van der Waals surface area contributed by atoms with E-state index >= 15 is 0 Å². The first-order valence-electron chi connectivity index (χ1n) is 7.51. The smallest absolute Gasteiger partial charge is 0.315 e. The van der Waals surface area contributed by atoms with E-state index in [1.165, 1.54) is 0 Å². The molecule has 1 aliphatic carbocycles. The second-order valence-electron chi connectivity index (χ2n) is 5.78.